The van der Waals surface area contributed by atoms with Crippen LogP contribution in [0.5, 0.6) is 0 Å². The van der Waals surface area contributed by atoms with Crippen LogP contribution in [0.15, 0.2) is 52.4 Å². The van der Waals surface area contributed by atoms with Crippen molar-refractivity contribution in [1.82, 2.24) is 15.2 Å². The predicted octanol–water partition coefficient (Wildman–Crippen LogP) is 3.96. The third-order valence-electron chi connectivity index (χ3n) is 3.99. The number of nitrogens with zero attached hydrogens (tertiary/aromatic N) is 4. The Morgan fingerprint density at radius 2 is 1.93 bits per heavy atom. The lowest BCUT2D eigenvalue weighted by Crippen LogP contribution is -2.32. The molecule has 1 aromatic carbocycles. The Morgan fingerprint density at radius 3 is 2.61 bits per heavy atom. The predicted molar refractivity (Wildman–Crippen MR) is 97.9 cm³/mol. The fourth-order valence-corrected chi connectivity index (χ4v) is 4.45. The summed E-state index contributed by atoms with van der Waals surface area (Å²) in [6, 6.07) is 9.94. The molecular formula is C17H11ClF2N4O3S. The van der Waals surface area contributed by atoms with Gasteiger partial charge in [-0.15, -0.1) is 10.2 Å². The highest BCUT2D eigenvalue weighted by Gasteiger charge is 2.29. The molecule has 4 rings (SSSR count). The second-order valence-electron chi connectivity index (χ2n) is 5.82. The van der Waals surface area contributed by atoms with Gasteiger partial charge in [-0.1, -0.05) is 29.8 Å². The number of anilines is 1. The van der Waals surface area contributed by atoms with Crippen LogP contribution in [0.1, 0.15) is 23.6 Å². The molecule has 144 valence electrons. The number of halogens is 3. The van der Waals surface area contributed by atoms with Crippen molar-refractivity contribution in [2.24, 2.45) is 0 Å². The molecule has 3 heterocycles. The van der Waals surface area contributed by atoms with Crippen LogP contribution in [-0.4, -0.2) is 23.6 Å². The summed E-state index contributed by atoms with van der Waals surface area (Å²) in [4.78, 5) is 4.19. The molecule has 0 unspecified atom stereocenters. The molecule has 11 heteroatoms. The second kappa shape index (κ2) is 6.95. The first-order valence-electron chi connectivity index (χ1n) is 7.91. The topological polar surface area (TPSA) is 89.2 Å². The summed E-state index contributed by atoms with van der Waals surface area (Å²) >= 11 is 6.08. The van der Waals surface area contributed by atoms with Crippen LogP contribution in [0.2, 0.25) is 0 Å². The van der Waals surface area contributed by atoms with Gasteiger partial charge in [0.05, 0.1) is 33.9 Å². The smallest absolute Gasteiger partial charge is 0.314 e. The molecule has 0 atom stereocenters. The van der Waals surface area contributed by atoms with E-state index in [9.17, 15) is 17.2 Å². The Kier molecular flexibility index (Phi) is 4.60. The van der Waals surface area contributed by atoms with Crippen LogP contribution in [0.3, 0.4) is 0 Å². The number of pyridine rings is 1. The van der Waals surface area contributed by atoms with Crippen molar-refractivity contribution in [1.29, 1.82) is 0 Å². The Balaban J connectivity index is 1.62. The Hall–Kier alpha value is -2.85. The lowest BCUT2D eigenvalue weighted by molar-refractivity contribution is 0.116. The first-order chi connectivity index (χ1) is 13.3. The van der Waals surface area contributed by atoms with Gasteiger partial charge in [0.2, 0.25) is 5.89 Å². The molecule has 0 radical (unpaired) electrons. The number of hydrogen-bond acceptors (Lipinski definition) is 6. The molecule has 0 amide bonds. The van der Waals surface area contributed by atoms with E-state index >= 15 is 0 Å². The van der Waals surface area contributed by atoms with Crippen molar-refractivity contribution in [3.8, 4) is 11.5 Å². The van der Waals surface area contributed by atoms with Gasteiger partial charge in [0, 0.05) is 11.8 Å². The van der Waals surface area contributed by atoms with Gasteiger partial charge in [-0.05, 0) is 18.2 Å². The van der Waals surface area contributed by atoms with Crippen molar-refractivity contribution < 1.29 is 21.6 Å². The number of alkyl halides is 2. The summed E-state index contributed by atoms with van der Waals surface area (Å²) < 4.78 is 56.3. The molecule has 1 aliphatic rings. The number of para-hydroxylation sites is 1. The number of hydrogen-bond donors (Lipinski definition) is 0. The number of benzene rings is 1. The maximum atomic E-state index is 12.6. The van der Waals surface area contributed by atoms with E-state index in [0.29, 0.717) is 22.5 Å². The standard InChI is InChI=1S/C17H11ClF2N4O3S/c18-13-9-28(25,26)24(14-4-2-1-3-12(13)14)8-11-6-5-10(7-21-11)16-22-23-17(27-16)15(19)20/h1-7,9,15H,8H2. The normalized spacial score (nSPS) is 15.4. The van der Waals surface area contributed by atoms with Crippen molar-refractivity contribution in [2.75, 3.05) is 4.31 Å². The number of rotatable bonds is 4. The molecule has 1 aliphatic heterocycles. The third-order valence-corrected chi connectivity index (χ3v) is 5.91. The quantitative estimate of drug-likeness (QED) is 0.629. The van der Waals surface area contributed by atoms with Gasteiger partial charge in [-0.3, -0.25) is 9.29 Å². The van der Waals surface area contributed by atoms with Gasteiger partial charge in [-0.25, -0.2) is 8.42 Å². The molecule has 28 heavy (non-hydrogen) atoms. The third kappa shape index (κ3) is 3.36. The molecule has 3 aromatic rings. The summed E-state index contributed by atoms with van der Waals surface area (Å²) in [6.07, 6.45) is -1.51. The van der Waals surface area contributed by atoms with E-state index in [1.807, 2.05) is 0 Å². The maximum Gasteiger partial charge on any atom is 0.314 e. The molecule has 0 fully saturated rings. The summed E-state index contributed by atoms with van der Waals surface area (Å²) in [7, 11) is -3.78. The van der Waals surface area contributed by atoms with Crippen molar-refractivity contribution in [2.45, 2.75) is 13.0 Å². The number of sulfonamides is 1. The summed E-state index contributed by atoms with van der Waals surface area (Å²) in [5.74, 6) is -0.876. The van der Waals surface area contributed by atoms with Crippen LogP contribution in [0, 0.1) is 0 Å². The summed E-state index contributed by atoms with van der Waals surface area (Å²) in [5, 5.41) is 7.94. The minimum atomic E-state index is -3.78. The van der Waals surface area contributed by atoms with E-state index < -0.39 is 22.3 Å². The molecule has 0 aliphatic carbocycles. The average Bonchev–Trinajstić information content (AvgIpc) is 3.16. The maximum absolute atomic E-state index is 12.6. The molecule has 0 spiro atoms. The van der Waals surface area contributed by atoms with Crippen LogP contribution >= 0.6 is 11.6 Å². The minimum absolute atomic E-state index is 0.0353. The summed E-state index contributed by atoms with van der Waals surface area (Å²) in [5.41, 5.74) is 1.82. The van der Waals surface area contributed by atoms with Crippen LogP contribution in [0.4, 0.5) is 14.5 Å². The highest BCUT2D eigenvalue weighted by molar-refractivity contribution is 7.96. The van der Waals surface area contributed by atoms with Crippen molar-refractivity contribution in [3.63, 3.8) is 0 Å². The van der Waals surface area contributed by atoms with E-state index in [1.165, 1.54) is 16.6 Å². The van der Waals surface area contributed by atoms with Gasteiger partial charge in [-0.2, -0.15) is 8.78 Å². The van der Waals surface area contributed by atoms with Gasteiger partial charge in [0.15, 0.2) is 0 Å². The Morgan fingerprint density at radius 1 is 1.14 bits per heavy atom. The second-order valence-corrected chi connectivity index (χ2v) is 7.93. The molecule has 7 nitrogen and oxygen atoms in total. The van der Waals surface area contributed by atoms with Gasteiger partial charge in [0.1, 0.15) is 0 Å². The van der Waals surface area contributed by atoms with Crippen molar-refractivity contribution in [3.05, 3.63) is 65.2 Å². The lowest BCUT2D eigenvalue weighted by atomic mass is 10.1. The van der Waals surface area contributed by atoms with E-state index in [1.54, 1.807) is 30.3 Å². The lowest BCUT2D eigenvalue weighted by Gasteiger charge is -2.28. The monoisotopic (exact) mass is 424 g/mol. The van der Waals surface area contributed by atoms with Crippen LogP contribution in [-0.2, 0) is 16.6 Å². The molecule has 0 saturated heterocycles. The van der Waals surface area contributed by atoms with Gasteiger partial charge in [0.25, 0.3) is 15.9 Å². The first kappa shape index (κ1) is 18.5. The Bertz CT molecular complexity index is 1160. The SMILES string of the molecule is O=S1(=O)C=C(Cl)c2ccccc2N1Cc1ccc(-c2nnc(C(F)F)o2)cn1. The van der Waals surface area contributed by atoms with Gasteiger partial charge < -0.3 is 4.42 Å². The van der Waals surface area contributed by atoms with Gasteiger partial charge >= 0.3 is 6.43 Å². The van der Waals surface area contributed by atoms with E-state index in [0.717, 1.165) is 5.41 Å². The fraction of sp³-hybridized carbons (Fsp3) is 0.118. The van der Waals surface area contributed by atoms with Crippen LogP contribution in [0.25, 0.3) is 16.5 Å². The molecule has 0 N–H and O–H groups in total. The zero-order valence-corrected chi connectivity index (χ0v) is 15.5. The van der Waals surface area contributed by atoms with E-state index in [4.69, 9.17) is 16.0 Å². The Labute approximate surface area is 163 Å². The average molecular weight is 425 g/mol. The van der Waals surface area contributed by atoms with E-state index in [-0.39, 0.29) is 17.5 Å². The highest BCUT2D eigenvalue weighted by Crippen LogP contribution is 2.37. The van der Waals surface area contributed by atoms with Crippen molar-refractivity contribution >= 4 is 32.3 Å². The fourth-order valence-electron chi connectivity index (χ4n) is 2.69. The molecule has 0 saturated carbocycles. The first-order valence-corrected chi connectivity index (χ1v) is 9.79. The minimum Gasteiger partial charge on any atom is -0.415 e. The number of fused-ring (bicyclic) bond motifs is 1. The number of aromatic nitrogens is 3. The van der Waals surface area contributed by atoms with E-state index in [2.05, 4.69) is 15.2 Å². The summed E-state index contributed by atoms with van der Waals surface area (Å²) in [6.45, 7) is -0.0353. The highest BCUT2D eigenvalue weighted by atomic mass is 35.5. The molecule has 2 aromatic heterocycles. The van der Waals surface area contributed by atoms with Crippen LogP contribution < -0.4 is 4.31 Å². The zero-order chi connectivity index (χ0) is 19.9. The molecule has 0 bridgehead atoms. The largest absolute Gasteiger partial charge is 0.415 e. The zero-order valence-electron chi connectivity index (χ0n) is 14.0. The molecular weight excluding hydrogens is 414 g/mol.